The van der Waals surface area contributed by atoms with E-state index in [9.17, 15) is 4.79 Å². The van der Waals surface area contributed by atoms with Crippen LogP contribution in [0.1, 0.15) is 37.6 Å². The molecule has 7 heteroatoms. The van der Waals surface area contributed by atoms with Gasteiger partial charge >= 0.3 is 0 Å². The Morgan fingerprint density at radius 1 is 1.21 bits per heavy atom. The Balaban J connectivity index is 1.55. The minimum absolute atomic E-state index is 0.00154. The monoisotopic (exact) mass is 402 g/mol. The number of carbonyl (C=O) groups excluding carboxylic acids is 1. The summed E-state index contributed by atoms with van der Waals surface area (Å²) in [7, 11) is 0. The number of amides is 1. The second kappa shape index (κ2) is 8.07. The molecule has 6 nitrogen and oxygen atoms in total. The van der Waals surface area contributed by atoms with Gasteiger partial charge in [-0.05, 0) is 43.7 Å². The topological polar surface area (TPSA) is 59.5 Å². The van der Waals surface area contributed by atoms with Gasteiger partial charge in [0.2, 0.25) is 0 Å². The van der Waals surface area contributed by atoms with E-state index in [1.165, 1.54) is 4.90 Å². The summed E-state index contributed by atoms with van der Waals surface area (Å²) in [5, 5.41) is 6.96. The molecular formula is C21H25ClN3O3+. The van der Waals surface area contributed by atoms with Crippen LogP contribution >= 0.6 is 11.6 Å². The number of furan rings is 1. The molecule has 1 fully saturated rings. The lowest BCUT2D eigenvalue weighted by atomic mass is 10.0. The third-order valence-electron chi connectivity index (χ3n) is 5.23. The van der Waals surface area contributed by atoms with E-state index >= 15 is 0 Å². The van der Waals surface area contributed by atoms with Gasteiger partial charge in [-0.25, -0.2) is 5.01 Å². The van der Waals surface area contributed by atoms with E-state index in [1.807, 2.05) is 36.4 Å². The zero-order valence-corrected chi connectivity index (χ0v) is 16.9. The molecule has 1 saturated heterocycles. The molecule has 2 aliphatic heterocycles. The van der Waals surface area contributed by atoms with Gasteiger partial charge in [0.25, 0.3) is 5.91 Å². The van der Waals surface area contributed by atoms with Crippen molar-refractivity contribution in [1.82, 2.24) is 5.01 Å². The van der Waals surface area contributed by atoms with Crippen LogP contribution in [-0.2, 0) is 9.53 Å². The Kier molecular flexibility index (Phi) is 5.53. The first-order chi connectivity index (χ1) is 13.5. The number of morpholine rings is 1. The van der Waals surface area contributed by atoms with Crippen molar-refractivity contribution in [2.75, 3.05) is 19.6 Å². The molecule has 0 unspecified atom stereocenters. The van der Waals surface area contributed by atoms with Gasteiger partial charge in [0, 0.05) is 11.4 Å². The zero-order valence-electron chi connectivity index (χ0n) is 16.1. The van der Waals surface area contributed by atoms with Crippen LogP contribution in [0.25, 0.3) is 0 Å². The van der Waals surface area contributed by atoms with E-state index in [1.54, 1.807) is 11.3 Å². The summed E-state index contributed by atoms with van der Waals surface area (Å²) >= 11 is 6.01. The summed E-state index contributed by atoms with van der Waals surface area (Å²) in [5.41, 5.74) is 1.84. The van der Waals surface area contributed by atoms with Crippen molar-refractivity contribution in [3.05, 3.63) is 59.0 Å². The zero-order chi connectivity index (χ0) is 19.7. The van der Waals surface area contributed by atoms with Gasteiger partial charge in [0.1, 0.15) is 37.1 Å². The average Bonchev–Trinajstić information content (AvgIpc) is 3.31. The SMILES string of the molecule is C[C@H]1C[NH+](CC(=O)N2N=C(c3ccc(Cl)cc3)C[C@H]2c2ccco2)C[C@H](C)O1. The average molecular weight is 403 g/mol. The highest BCUT2D eigenvalue weighted by atomic mass is 35.5. The molecule has 3 atom stereocenters. The van der Waals surface area contributed by atoms with E-state index in [2.05, 4.69) is 18.9 Å². The van der Waals surface area contributed by atoms with Crippen LogP contribution in [0.3, 0.4) is 0 Å². The standard InChI is InChI=1S/C21H24ClN3O3/c1-14-11-24(12-15(2)28-14)13-21(26)25-19(20-4-3-9-27-20)10-18(23-25)16-5-7-17(22)8-6-16/h3-9,14-15,19H,10-13H2,1-2H3/p+1/t14-,15-,19-/m0/s1. The lowest BCUT2D eigenvalue weighted by Gasteiger charge is -2.32. The Labute approximate surface area is 169 Å². The second-order valence-electron chi connectivity index (χ2n) is 7.62. The van der Waals surface area contributed by atoms with Gasteiger partial charge in [-0.15, -0.1) is 0 Å². The fourth-order valence-electron chi connectivity index (χ4n) is 4.09. The number of carbonyl (C=O) groups is 1. The molecule has 1 amide bonds. The summed E-state index contributed by atoms with van der Waals surface area (Å²) in [4.78, 5) is 14.4. The number of nitrogens with zero attached hydrogens (tertiary/aromatic N) is 2. The maximum Gasteiger partial charge on any atom is 0.298 e. The van der Waals surface area contributed by atoms with Gasteiger partial charge in [-0.2, -0.15) is 5.10 Å². The molecule has 2 aliphatic rings. The number of ether oxygens (including phenoxy) is 1. The van der Waals surface area contributed by atoms with Gasteiger partial charge in [-0.1, -0.05) is 23.7 Å². The smallest absolute Gasteiger partial charge is 0.298 e. The van der Waals surface area contributed by atoms with E-state index < -0.39 is 0 Å². The minimum Gasteiger partial charge on any atom is -0.467 e. The van der Waals surface area contributed by atoms with Crippen LogP contribution < -0.4 is 4.90 Å². The van der Waals surface area contributed by atoms with Gasteiger partial charge in [-0.3, -0.25) is 4.79 Å². The van der Waals surface area contributed by atoms with E-state index in [0.717, 1.165) is 30.1 Å². The van der Waals surface area contributed by atoms with Gasteiger partial charge < -0.3 is 14.1 Å². The molecule has 0 radical (unpaired) electrons. The number of quaternary nitrogens is 1. The molecule has 0 aliphatic carbocycles. The van der Waals surface area contributed by atoms with Crippen molar-refractivity contribution in [1.29, 1.82) is 0 Å². The number of nitrogens with one attached hydrogen (secondary N) is 1. The van der Waals surface area contributed by atoms with E-state index in [4.69, 9.17) is 20.8 Å². The normalized spacial score (nSPS) is 27.7. The van der Waals surface area contributed by atoms with E-state index in [-0.39, 0.29) is 24.2 Å². The summed E-state index contributed by atoms with van der Waals surface area (Å²) in [5.74, 6) is 0.751. The maximum absolute atomic E-state index is 13.2. The predicted molar refractivity (Wildman–Crippen MR) is 106 cm³/mol. The number of hydrogen-bond acceptors (Lipinski definition) is 4. The van der Waals surface area contributed by atoms with Crippen molar-refractivity contribution < 1.29 is 18.8 Å². The van der Waals surface area contributed by atoms with Crippen LogP contribution in [0.15, 0.2) is 52.2 Å². The molecule has 4 rings (SSSR count). The molecule has 1 N–H and O–H groups in total. The molecule has 0 saturated carbocycles. The van der Waals surface area contributed by atoms with Crippen molar-refractivity contribution in [3.8, 4) is 0 Å². The van der Waals surface area contributed by atoms with Crippen LogP contribution in [0.5, 0.6) is 0 Å². The van der Waals surface area contributed by atoms with Gasteiger partial charge in [0.05, 0.1) is 12.0 Å². The Hall–Kier alpha value is -2.15. The number of benzene rings is 1. The van der Waals surface area contributed by atoms with Crippen LogP contribution in [0.2, 0.25) is 5.02 Å². The summed E-state index contributed by atoms with van der Waals surface area (Å²) in [6.45, 7) is 6.15. The molecule has 0 bridgehead atoms. The number of rotatable bonds is 4. The second-order valence-corrected chi connectivity index (χ2v) is 8.06. The molecule has 148 valence electrons. The maximum atomic E-state index is 13.2. The molecular weight excluding hydrogens is 378 g/mol. The van der Waals surface area contributed by atoms with Crippen LogP contribution in [-0.4, -0.2) is 48.5 Å². The fourth-order valence-corrected chi connectivity index (χ4v) is 4.21. The first kappa shape index (κ1) is 19.2. The summed E-state index contributed by atoms with van der Waals surface area (Å²) < 4.78 is 11.4. The largest absolute Gasteiger partial charge is 0.467 e. The first-order valence-corrected chi connectivity index (χ1v) is 10.1. The quantitative estimate of drug-likeness (QED) is 0.853. The third kappa shape index (κ3) is 4.14. The van der Waals surface area contributed by atoms with Crippen molar-refractivity contribution >= 4 is 23.2 Å². The Morgan fingerprint density at radius 2 is 1.93 bits per heavy atom. The van der Waals surface area contributed by atoms with Crippen molar-refractivity contribution in [2.45, 2.75) is 38.5 Å². The third-order valence-corrected chi connectivity index (χ3v) is 5.49. The number of hydrazone groups is 1. The molecule has 28 heavy (non-hydrogen) atoms. The molecule has 1 aromatic heterocycles. The number of halogens is 1. The molecule has 1 aromatic carbocycles. The molecule has 3 heterocycles. The van der Waals surface area contributed by atoms with Gasteiger partial charge in [0.15, 0.2) is 6.54 Å². The predicted octanol–water partition coefficient (Wildman–Crippen LogP) is 2.30. The lowest BCUT2D eigenvalue weighted by molar-refractivity contribution is -0.907. The first-order valence-electron chi connectivity index (χ1n) is 9.67. The Morgan fingerprint density at radius 3 is 2.57 bits per heavy atom. The molecule has 2 aromatic rings. The van der Waals surface area contributed by atoms with E-state index in [0.29, 0.717) is 18.0 Å². The number of hydrogen-bond donors (Lipinski definition) is 1. The lowest BCUT2D eigenvalue weighted by Crippen LogP contribution is -3.16. The van der Waals surface area contributed by atoms with Crippen molar-refractivity contribution in [3.63, 3.8) is 0 Å². The fraction of sp³-hybridized carbons (Fsp3) is 0.429. The summed E-state index contributed by atoms with van der Waals surface area (Å²) in [6, 6.07) is 11.1. The van der Waals surface area contributed by atoms with Crippen LogP contribution in [0, 0.1) is 0 Å². The van der Waals surface area contributed by atoms with Crippen LogP contribution in [0.4, 0.5) is 0 Å². The molecule has 0 spiro atoms. The summed E-state index contributed by atoms with van der Waals surface area (Å²) in [6.07, 6.45) is 2.55. The van der Waals surface area contributed by atoms with Crippen molar-refractivity contribution in [2.24, 2.45) is 5.10 Å². The minimum atomic E-state index is -0.219. The highest BCUT2D eigenvalue weighted by Gasteiger charge is 2.37. The highest BCUT2D eigenvalue weighted by Crippen LogP contribution is 2.33. The Bertz CT molecular complexity index is 840. The highest BCUT2D eigenvalue weighted by molar-refractivity contribution is 6.30.